The lowest BCUT2D eigenvalue weighted by molar-refractivity contribution is -0.112. The van der Waals surface area contributed by atoms with E-state index < -0.39 is 5.91 Å². The van der Waals surface area contributed by atoms with Gasteiger partial charge >= 0.3 is 0 Å². The van der Waals surface area contributed by atoms with Crippen LogP contribution in [-0.4, -0.2) is 21.6 Å². The zero-order valence-corrected chi connectivity index (χ0v) is 13.8. The molecule has 1 heterocycles. The van der Waals surface area contributed by atoms with Crippen molar-refractivity contribution in [1.29, 1.82) is 0 Å². The maximum Gasteiger partial charge on any atom is 0.264 e. The molecule has 0 bridgehead atoms. The molecule has 0 saturated heterocycles. The van der Waals surface area contributed by atoms with Crippen molar-refractivity contribution < 1.29 is 4.79 Å². The first-order valence-corrected chi connectivity index (χ1v) is 7.78. The van der Waals surface area contributed by atoms with Gasteiger partial charge in [0.05, 0.1) is 17.1 Å². The number of primary amides is 1. The zero-order chi connectivity index (χ0) is 18.0. The molecule has 2 aromatic rings. The molecule has 1 amide bonds. The molecule has 1 aromatic heterocycles. The minimum atomic E-state index is -0.598. The van der Waals surface area contributed by atoms with E-state index in [0.717, 1.165) is 29.8 Å². The van der Waals surface area contributed by atoms with E-state index in [2.05, 4.69) is 15.1 Å². The van der Waals surface area contributed by atoms with Gasteiger partial charge in [0.15, 0.2) is 0 Å². The van der Waals surface area contributed by atoms with Gasteiger partial charge in [-0.1, -0.05) is 6.08 Å². The van der Waals surface area contributed by atoms with Crippen molar-refractivity contribution in [3.05, 3.63) is 47.8 Å². The summed E-state index contributed by atoms with van der Waals surface area (Å²) < 4.78 is 0. The molecule has 0 atom stereocenters. The highest BCUT2D eigenvalue weighted by Crippen LogP contribution is 2.32. The van der Waals surface area contributed by atoms with Gasteiger partial charge in [-0.25, -0.2) is 15.0 Å². The van der Waals surface area contributed by atoms with E-state index in [4.69, 9.17) is 17.2 Å². The third-order valence-electron chi connectivity index (χ3n) is 3.85. The third-order valence-corrected chi connectivity index (χ3v) is 3.85. The number of carbonyl (C=O) groups excluding carboxylic acids is 1. The first-order valence-electron chi connectivity index (χ1n) is 7.78. The van der Waals surface area contributed by atoms with Crippen LogP contribution in [0.5, 0.6) is 0 Å². The molecule has 0 fully saturated rings. The molecule has 1 aromatic carbocycles. The Bertz CT molecular complexity index is 871. The minimum absolute atomic E-state index is 0.173. The Morgan fingerprint density at radius 3 is 2.64 bits per heavy atom. The molecule has 0 unspecified atom stereocenters. The summed E-state index contributed by atoms with van der Waals surface area (Å²) in [5, 5.41) is 6.02. The van der Waals surface area contributed by atoms with Crippen molar-refractivity contribution in [2.24, 2.45) is 10.8 Å². The van der Waals surface area contributed by atoms with Crippen LogP contribution < -0.4 is 22.2 Å². The van der Waals surface area contributed by atoms with Crippen LogP contribution in [0.2, 0.25) is 0 Å². The zero-order valence-electron chi connectivity index (χ0n) is 13.8. The Kier molecular flexibility index (Phi) is 4.34. The minimum Gasteiger partial charge on any atom is -0.399 e. The number of hydrogen-bond acceptors (Lipinski definition) is 7. The van der Waals surface area contributed by atoms with Gasteiger partial charge in [0.25, 0.3) is 5.91 Å². The smallest absolute Gasteiger partial charge is 0.264 e. The van der Waals surface area contributed by atoms with Crippen LogP contribution in [0.3, 0.4) is 0 Å². The van der Waals surface area contributed by atoms with E-state index in [1.807, 2.05) is 18.2 Å². The molecule has 128 valence electrons. The molecule has 8 nitrogen and oxygen atoms in total. The molecule has 0 radical (unpaired) electrons. The number of allylic oxidation sites excluding steroid dienone is 1. The Hall–Kier alpha value is -3.42. The van der Waals surface area contributed by atoms with E-state index in [0.29, 0.717) is 11.4 Å². The summed E-state index contributed by atoms with van der Waals surface area (Å²) in [5.41, 5.74) is 20.8. The number of rotatable bonds is 4. The fourth-order valence-electron chi connectivity index (χ4n) is 2.54. The Balaban J connectivity index is 2.14. The average Bonchev–Trinajstić information content (AvgIpc) is 2.60. The van der Waals surface area contributed by atoms with Crippen molar-refractivity contribution in [3.63, 3.8) is 0 Å². The number of anilines is 3. The summed E-state index contributed by atoms with van der Waals surface area (Å²) in [4.78, 5) is 19.9. The van der Waals surface area contributed by atoms with Crippen molar-refractivity contribution in [3.8, 4) is 0 Å². The van der Waals surface area contributed by atoms with Crippen LogP contribution >= 0.6 is 0 Å². The van der Waals surface area contributed by atoms with Gasteiger partial charge < -0.3 is 17.2 Å². The monoisotopic (exact) mass is 337 g/mol. The SMILES string of the molecule is C/C(=N\N(C1=CCCc2cnc(N)nc21)c1ccc(N)cc1)C(N)=O. The highest BCUT2D eigenvalue weighted by molar-refractivity contribution is 6.37. The third kappa shape index (κ3) is 3.42. The van der Waals surface area contributed by atoms with Crippen molar-refractivity contribution in [2.45, 2.75) is 19.8 Å². The second kappa shape index (κ2) is 6.60. The highest BCUT2D eigenvalue weighted by Gasteiger charge is 2.22. The van der Waals surface area contributed by atoms with Gasteiger partial charge in [-0.05, 0) is 49.6 Å². The maximum atomic E-state index is 11.5. The van der Waals surface area contributed by atoms with E-state index in [1.54, 1.807) is 30.3 Å². The lowest BCUT2D eigenvalue weighted by Crippen LogP contribution is -2.26. The number of carbonyl (C=O) groups is 1. The molecule has 3 rings (SSSR count). The normalized spacial score (nSPS) is 13.8. The van der Waals surface area contributed by atoms with Gasteiger partial charge in [0.1, 0.15) is 5.71 Å². The predicted molar refractivity (Wildman–Crippen MR) is 98.4 cm³/mol. The van der Waals surface area contributed by atoms with Crippen molar-refractivity contribution >= 4 is 34.6 Å². The molecule has 1 aliphatic carbocycles. The van der Waals surface area contributed by atoms with Gasteiger partial charge in [-0.2, -0.15) is 5.10 Å². The number of hydrogen-bond donors (Lipinski definition) is 3. The summed E-state index contributed by atoms with van der Waals surface area (Å²) in [6, 6.07) is 7.14. The molecule has 8 heteroatoms. The summed E-state index contributed by atoms with van der Waals surface area (Å²) in [6.07, 6.45) is 5.33. The number of benzene rings is 1. The van der Waals surface area contributed by atoms with Crippen LogP contribution in [0.1, 0.15) is 24.6 Å². The summed E-state index contributed by atoms with van der Waals surface area (Å²) in [6.45, 7) is 1.56. The molecule has 0 aliphatic heterocycles. The molecule has 0 spiro atoms. The summed E-state index contributed by atoms with van der Waals surface area (Å²) in [5.74, 6) is -0.418. The number of fused-ring (bicyclic) bond motifs is 1. The molecule has 0 saturated carbocycles. The van der Waals surface area contributed by atoms with E-state index in [1.165, 1.54) is 0 Å². The van der Waals surface area contributed by atoms with Gasteiger partial charge in [0, 0.05) is 11.9 Å². The van der Waals surface area contributed by atoms with Crippen molar-refractivity contribution in [1.82, 2.24) is 9.97 Å². The second-order valence-corrected chi connectivity index (χ2v) is 5.68. The number of amides is 1. The van der Waals surface area contributed by atoms with Crippen LogP contribution in [-0.2, 0) is 11.2 Å². The van der Waals surface area contributed by atoms with E-state index in [-0.39, 0.29) is 11.7 Å². The largest absolute Gasteiger partial charge is 0.399 e. The number of nitrogens with two attached hydrogens (primary N) is 3. The highest BCUT2D eigenvalue weighted by atomic mass is 16.1. The Morgan fingerprint density at radius 1 is 1.24 bits per heavy atom. The first-order chi connectivity index (χ1) is 12.0. The van der Waals surface area contributed by atoms with Crippen molar-refractivity contribution in [2.75, 3.05) is 16.5 Å². The number of nitrogen functional groups attached to an aromatic ring is 2. The van der Waals surface area contributed by atoms with Gasteiger partial charge in [0.2, 0.25) is 5.95 Å². The first kappa shape index (κ1) is 16.4. The standard InChI is InChI=1S/C17H19N7O/c1-10(16(19)25)23-24(13-7-5-12(18)6-8-13)14-4-2-3-11-9-21-17(20)22-15(11)14/h4-9H,2-3,18H2,1H3,(H2,19,25)(H2,20,21,22)/b23-10+. The molecule has 6 N–H and O–H groups in total. The predicted octanol–water partition coefficient (Wildman–Crippen LogP) is 1.30. The quantitative estimate of drug-likeness (QED) is 0.437. The number of hydrazone groups is 1. The van der Waals surface area contributed by atoms with E-state index >= 15 is 0 Å². The van der Waals surface area contributed by atoms with Crippen LogP contribution in [0.15, 0.2) is 41.6 Å². The number of nitrogens with zero attached hydrogens (tertiary/aromatic N) is 4. The molecule has 1 aliphatic rings. The fourth-order valence-corrected chi connectivity index (χ4v) is 2.54. The average molecular weight is 337 g/mol. The fraction of sp³-hybridized carbons (Fsp3) is 0.176. The Morgan fingerprint density at radius 2 is 1.96 bits per heavy atom. The van der Waals surface area contributed by atoms with Crippen LogP contribution in [0, 0.1) is 0 Å². The molecule has 25 heavy (non-hydrogen) atoms. The molecular formula is C17H19N7O. The summed E-state index contributed by atoms with van der Waals surface area (Å²) >= 11 is 0. The van der Waals surface area contributed by atoms with Gasteiger partial charge in [-0.15, -0.1) is 0 Å². The van der Waals surface area contributed by atoms with Crippen LogP contribution in [0.25, 0.3) is 5.70 Å². The topological polar surface area (TPSA) is 137 Å². The summed E-state index contributed by atoms with van der Waals surface area (Å²) in [7, 11) is 0. The molecular weight excluding hydrogens is 318 g/mol. The second-order valence-electron chi connectivity index (χ2n) is 5.68. The lowest BCUT2D eigenvalue weighted by Gasteiger charge is -2.26. The van der Waals surface area contributed by atoms with Crippen LogP contribution in [0.4, 0.5) is 17.3 Å². The maximum absolute atomic E-state index is 11.5. The van der Waals surface area contributed by atoms with Gasteiger partial charge in [-0.3, -0.25) is 4.79 Å². The number of aryl methyl sites for hydroxylation is 1. The lowest BCUT2D eigenvalue weighted by atomic mass is 10.0. The van der Waals surface area contributed by atoms with E-state index in [9.17, 15) is 4.79 Å². The number of aromatic nitrogens is 2. The Labute approximate surface area is 145 Å².